The molecule has 0 saturated carbocycles. The number of halogens is 3. The summed E-state index contributed by atoms with van der Waals surface area (Å²) in [7, 11) is 0. The lowest BCUT2D eigenvalue weighted by Crippen LogP contribution is -2.10. The molecule has 21 heavy (non-hydrogen) atoms. The summed E-state index contributed by atoms with van der Waals surface area (Å²) in [6.45, 7) is 2.34. The minimum Gasteiger partial charge on any atom is -0.481 e. The van der Waals surface area contributed by atoms with Crippen LogP contribution in [0.15, 0.2) is 5.16 Å². The average Bonchev–Trinajstić information content (AvgIpc) is 2.74. The SMILES string of the molecule is CCCc1nnc(SCC(=O)O)n1CCCCC(F)(F)F. The van der Waals surface area contributed by atoms with E-state index < -0.39 is 18.6 Å². The summed E-state index contributed by atoms with van der Waals surface area (Å²) in [6, 6.07) is 0. The Morgan fingerprint density at radius 2 is 2.05 bits per heavy atom. The third-order valence-corrected chi connectivity index (χ3v) is 3.64. The summed E-state index contributed by atoms with van der Waals surface area (Å²) < 4.78 is 38.1. The molecule has 0 saturated heterocycles. The van der Waals surface area contributed by atoms with Gasteiger partial charge in [0.25, 0.3) is 0 Å². The molecule has 1 aromatic rings. The first-order chi connectivity index (χ1) is 9.83. The zero-order valence-electron chi connectivity index (χ0n) is 11.7. The van der Waals surface area contributed by atoms with Crippen molar-refractivity contribution in [3.63, 3.8) is 0 Å². The molecular formula is C12H18F3N3O2S. The third-order valence-electron chi connectivity index (χ3n) is 2.68. The molecule has 1 N–H and O–H groups in total. The van der Waals surface area contributed by atoms with Crippen LogP contribution in [-0.4, -0.2) is 37.8 Å². The van der Waals surface area contributed by atoms with Crippen molar-refractivity contribution in [3.05, 3.63) is 5.82 Å². The summed E-state index contributed by atoms with van der Waals surface area (Å²) in [4.78, 5) is 10.6. The fourth-order valence-electron chi connectivity index (χ4n) is 1.78. The van der Waals surface area contributed by atoms with Crippen LogP contribution in [0.5, 0.6) is 0 Å². The molecule has 0 aromatic carbocycles. The number of hydrogen-bond donors (Lipinski definition) is 1. The minimum atomic E-state index is -4.14. The molecule has 0 bridgehead atoms. The maximum Gasteiger partial charge on any atom is 0.389 e. The fraction of sp³-hybridized carbons (Fsp3) is 0.750. The number of carbonyl (C=O) groups is 1. The predicted octanol–water partition coefficient (Wildman–Crippen LogP) is 3.14. The Labute approximate surface area is 124 Å². The van der Waals surface area contributed by atoms with Crippen LogP contribution in [-0.2, 0) is 17.8 Å². The maximum absolute atomic E-state index is 12.1. The lowest BCUT2D eigenvalue weighted by molar-refractivity contribution is -0.136. The van der Waals surface area contributed by atoms with Gasteiger partial charge in [0.05, 0.1) is 5.75 Å². The van der Waals surface area contributed by atoms with Crippen LogP contribution in [0.2, 0.25) is 0 Å². The monoisotopic (exact) mass is 325 g/mol. The minimum absolute atomic E-state index is 0.0380. The van der Waals surface area contributed by atoms with Crippen LogP contribution < -0.4 is 0 Å². The van der Waals surface area contributed by atoms with E-state index in [1.807, 2.05) is 6.92 Å². The Kier molecular flexibility index (Phi) is 7.00. The summed E-state index contributed by atoms with van der Waals surface area (Å²) in [5, 5.41) is 17.0. The third kappa shape index (κ3) is 6.83. The maximum atomic E-state index is 12.1. The lowest BCUT2D eigenvalue weighted by Gasteiger charge is -2.10. The second kappa shape index (κ2) is 8.26. The second-order valence-corrected chi connectivity index (χ2v) is 5.50. The quantitative estimate of drug-likeness (QED) is 0.558. The first-order valence-corrected chi connectivity index (χ1v) is 7.65. The lowest BCUT2D eigenvalue weighted by atomic mass is 10.2. The number of alkyl halides is 3. The van der Waals surface area contributed by atoms with Gasteiger partial charge in [0.2, 0.25) is 0 Å². The first kappa shape index (κ1) is 17.8. The van der Waals surface area contributed by atoms with Gasteiger partial charge in [0.1, 0.15) is 5.82 Å². The molecular weight excluding hydrogens is 307 g/mol. The van der Waals surface area contributed by atoms with Crippen molar-refractivity contribution in [1.29, 1.82) is 0 Å². The number of carboxylic acid groups (broad SMARTS) is 1. The van der Waals surface area contributed by atoms with Crippen LogP contribution in [0.25, 0.3) is 0 Å². The number of hydrogen-bond acceptors (Lipinski definition) is 4. The average molecular weight is 325 g/mol. The number of carboxylic acids is 1. The van der Waals surface area contributed by atoms with E-state index in [2.05, 4.69) is 10.2 Å². The Morgan fingerprint density at radius 3 is 2.62 bits per heavy atom. The van der Waals surface area contributed by atoms with E-state index >= 15 is 0 Å². The Morgan fingerprint density at radius 1 is 1.33 bits per heavy atom. The molecule has 1 rings (SSSR count). The number of nitrogens with zero attached hydrogens (tertiary/aromatic N) is 3. The highest BCUT2D eigenvalue weighted by Gasteiger charge is 2.26. The largest absolute Gasteiger partial charge is 0.481 e. The highest BCUT2D eigenvalue weighted by molar-refractivity contribution is 7.99. The van der Waals surface area contributed by atoms with Crippen molar-refractivity contribution in [2.45, 2.75) is 56.9 Å². The van der Waals surface area contributed by atoms with Gasteiger partial charge in [-0.1, -0.05) is 18.7 Å². The molecule has 9 heteroatoms. The van der Waals surface area contributed by atoms with Crippen LogP contribution in [0.3, 0.4) is 0 Å². The van der Waals surface area contributed by atoms with Crippen molar-refractivity contribution in [2.24, 2.45) is 0 Å². The molecule has 0 amide bonds. The summed E-state index contributed by atoms with van der Waals surface area (Å²) in [6.07, 6.45) is -3.05. The molecule has 0 aliphatic carbocycles. The molecule has 0 fully saturated rings. The summed E-state index contributed by atoms with van der Waals surface area (Å²) in [5.41, 5.74) is 0. The number of unbranched alkanes of at least 4 members (excludes halogenated alkanes) is 1. The number of thioether (sulfide) groups is 1. The molecule has 0 aliphatic rings. The molecule has 120 valence electrons. The number of rotatable bonds is 9. The highest BCUT2D eigenvalue weighted by Crippen LogP contribution is 2.23. The fourth-order valence-corrected chi connectivity index (χ4v) is 2.48. The van der Waals surface area contributed by atoms with Gasteiger partial charge in [-0.05, 0) is 19.3 Å². The molecule has 0 unspecified atom stereocenters. The predicted molar refractivity (Wildman–Crippen MR) is 72.3 cm³/mol. The van der Waals surface area contributed by atoms with E-state index in [0.717, 1.165) is 18.2 Å². The normalized spacial score (nSPS) is 11.8. The summed E-state index contributed by atoms with van der Waals surface area (Å²) >= 11 is 1.03. The Balaban J connectivity index is 2.62. The van der Waals surface area contributed by atoms with Crippen LogP contribution in [0.4, 0.5) is 13.2 Å². The van der Waals surface area contributed by atoms with Gasteiger partial charge in [0, 0.05) is 19.4 Å². The molecule has 1 heterocycles. The van der Waals surface area contributed by atoms with Gasteiger partial charge in [-0.3, -0.25) is 4.79 Å². The topological polar surface area (TPSA) is 68.0 Å². The number of aliphatic carboxylic acids is 1. The van der Waals surface area contributed by atoms with Gasteiger partial charge in [-0.2, -0.15) is 13.2 Å². The van der Waals surface area contributed by atoms with Gasteiger partial charge in [0.15, 0.2) is 5.16 Å². The standard InChI is InChI=1S/C12H18F3N3O2S/c1-2-5-9-16-17-11(21-8-10(19)20)18(9)7-4-3-6-12(13,14)15/h2-8H2,1H3,(H,19,20). The van der Waals surface area contributed by atoms with E-state index in [1.165, 1.54) is 0 Å². The van der Waals surface area contributed by atoms with Crippen LogP contribution in [0, 0.1) is 0 Å². The van der Waals surface area contributed by atoms with Crippen molar-refractivity contribution in [2.75, 3.05) is 5.75 Å². The zero-order chi connectivity index (χ0) is 15.9. The van der Waals surface area contributed by atoms with Crippen LogP contribution >= 0.6 is 11.8 Å². The van der Waals surface area contributed by atoms with Crippen molar-refractivity contribution in [3.8, 4) is 0 Å². The van der Waals surface area contributed by atoms with Crippen molar-refractivity contribution >= 4 is 17.7 Å². The number of aryl methyl sites for hydroxylation is 1. The van der Waals surface area contributed by atoms with Gasteiger partial charge < -0.3 is 9.67 Å². The number of aromatic nitrogens is 3. The van der Waals surface area contributed by atoms with E-state index in [4.69, 9.17) is 5.11 Å². The highest BCUT2D eigenvalue weighted by atomic mass is 32.2. The van der Waals surface area contributed by atoms with Gasteiger partial charge in [-0.25, -0.2) is 0 Å². The van der Waals surface area contributed by atoms with Crippen LogP contribution in [0.1, 0.15) is 38.4 Å². The van der Waals surface area contributed by atoms with E-state index in [1.54, 1.807) is 4.57 Å². The molecule has 5 nitrogen and oxygen atoms in total. The zero-order valence-corrected chi connectivity index (χ0v) is 12.5. The van der Waals surface area contributed by atoms with Crippen molar-refractivity contribution in [1.82, 2.24) is 14.8 Å². The molecule has 1 aromatic heterocycles. The Bertz CT molecular complexity index is 463. The summed E-state index contributed by atoms with van der Waals surface area (Å²) in [5.74, 6) is -0.423. The van der Waals surface area contributed by atoms with E-state index in [9.17, 15) is 18.0 Å². The molecule has 0 atom stereocenters. The van der Waals surface area contributed by atoms with E-state index in [-0.39, 0.29) is 12.2 Å². The molecule has 0 radical (unpaired) electrons. The molecule has 0 aliphatic heterocycles. The van der Waals surface area contributed by atoms with Crippen molar-refractivity contribution < 1.29 is 23.1 Å². The van der Waals surface area contributed by atoms with E-state index in [0.29, 0.717) is 30.4 Å². The van der Waals surface area contributed by atoms with Gasteiger partial charge >= 0.3 is 12.1 Å². The second-order valence-electron chi connectivity index (χ2n) is 4.56. The molecule has 0 spiro atoms. The first-order valence-electron chi connectivity index (χ1n) is 6.67. The smallest absolute Gasteiger partial charge is 0.389 e. The Hall–Kier alpha value is -1.25. The van der Waals surface area contributed by atoms with Gasteiger partial charge in [-0.15, -0.1) is 10.2 Å².